The highest BCUT2D eigenvalue weighted by Gasteiger charge is 2.29. The SMILES string of the molecule is COc1ccccc1N1CCN(CCN(C(=O)C2CCC(C)CC2)c2cccnc2)CC1. The molecule has 1 aliphatic heterocycles. The summed E-state index contributed by atoms with van der Waals surface area (Å²) < 4.78 is 5.54. The molecule has 0 spiro atoms. The molecule has 2 fully saturated rings. The molecule has 0 radical (unpaired) electrons. The summed E-state index contributed by atoms with van der Waals surface area (Å²) in [6, 6.07) is 12.1. The first-order chi connectivity index (χ1) is 15.7. The van der Waals surface area contributed by atoms with Gasteiger partial charge in [-0.05, 0) is 55.9 Å². The molecular weight excluding hydrogens is 400 g/mol. The van der Waals surface area contributed by atoms with Gasteiger partial charge in [0.1, 0.15) is 5.75 Å². The normalized spacial score (nSPS) is 21.9. The van der Waals surface area contributed by atoms with Crippen LogP contribution < -0.4 is 14.5 Å². The number of methoxy groups -OCH3 is 1. The fraction of sp³-hybridized carbons (Fsp3) is 0.538. The fourth-order valence-corrected chi connectivity index (χ4v) is 4.95. The van der Waals surface area contributed by atoms with Crippen molar-refractivity contribution in [3.8, 4) is 5.75 Å². The third-order valence-electron chi connectivity index (χ3n) is 7.03. The average molecular weight is 437 g/mol. The highest BCUT2D eigenvalue weighted by Crippen LogP contribution is 2.31. The summed E-state index contributed by atoms with van der Waals surface area (Å²) >= 11 is 0. The van der Waals surface area contributed by atoms with Crippen molar-refractivity contribution >= 4 is 17.3 Å². The maximum absolute atomic E-state index is 13.4. The molecule has 1 aromatic heterocycles. The van der Waals surface area contributed by atoms with E-state index < -0.39 is 0 Å². The molecule has 1 amide bonds. The van der Waals surface area contributed by atoms with Gasteiger partial charge in [-0.15, -0.1) is 0 Å². The third kappa shape index (κ3) is 5.41. The summed E-state index contributed by atoms with van der Waals surface area (Å²) in [4.78, 5) is 24.6. The molecule has 1 aromatic carbocycles. The summed E-state index contributed by atoms with van der Waals surface area (Å²) in [5.74, 6) is 2.09. The minimum atomic E-state index is 0.147. The molecule has 32 heavy (non-hydrogen) atoms. The Balaban J connectivity index is 1.36. The van der Waals surface area contributed by atoms with Crippen molar-refractivity contribution in [2.75, 3.05) is 56.2 Å². The van der Waals surface area contributed by atoms with E-state index in [9.17, 15) is 4.79 Å². The summed E-state index contributed by atoms with van der Waals surface area (Å²) in [5.41, 5.74) is 2.08. The largest absolute Gasteiger partial charge is 0.495 e. The first kappa shape index (κ1) is 22.6. The van der Waals surface area contributed by atoms with Crippen molar-refractivity contribution in [1.82, 2.24) is 9.88 Å². The van der Waals surface area contributed by atoms with Crippen molar-refractivity contribution in [2.24, 2.45) is 11.8 Å². The fourth-order valence-electron chi connectivity index (χ4n) is 4.95. The molecule has 6 heteroatoms. The highest BCUT2D eigenvalue weighted by atomic mass is 16.5. The van der Waals surface area contributed by atoms with Gasteiger partial charge in [-0.1, -0.05) is 19.1 Å². The van der Waals surface area contributed by atoms with Gasteiger partial charge in [0.2, 0.25) is 5.91 Å². The Hall–Kier alpha value is -2.60. The molecule has 4 rings (SSSR count). The van der Waals surface area contributed by atoms with Crippen LogP contribution in [0.5, 0.6) is 5.75 Å². The number of hydrogen-bond donors (Lipinski definition) is 0. The Morgan fingerprint density at radius 3 is 2.50 bits per heavy atom. The van der Waals surface area contributed by atoms with Crippen molar-refractivity contribution in [3.05, 3.63) is 48.8 Å². The van der Waals surface area contributed by atoms with Gasteiger partial charge in [0.25, 0.3) is 0 Å². The van der Waals surface area contributed by atoms with Crippen LogP contribution in [0, 0.1) is 11.8 Å². The molecule has 2 heterocycles. The van der Waals surface area contributed by atoms with Crippen LogP contribution in [0.25, 0.3) is 0 Å². The number of rotatable bonds is 7. The molecule has 172 valence electrons. The number of anilines is 2. The second-order valence-corrected chi connectivity index (χ2v) is 9.16. The minimum Gasteiger partial charge on any atom is -0.495 e. The maximum Gasteiger partial charge on any atom is 0.230 e. The number of hydrogen-bond acceptors (Lipinski definition) is 5. The molecule has 0 N–H and O–H groups in total. The zero-order chi connectivity index (χ0) is 22.3. The van der Waals surface area contributed by atoms with Crippen LogP contribution in [0.15, 0.2) is 48.8 Å². The molecule has 0 unspecified atom stereocenters. The van der Waals surface area contributed by atoms with Gasteiger partial charge in [-0.2, -0.15) is 0 Å². The second-order valence-electron chi connectivity index (χ2n) is 9.16. The number of para-hydroxylation sites is 2. The van der Waals surface area contributed by atoms with Gasteiger partial charge < -0.3 is 14.5 Å². The van der Waals surface area contributed by atoms with E-state index in [0.29, 0.717) is 6.54 Å². The molecule has 1 saturated heterocycles. The predicted molar refractivity (Wildman–Crippen MR) is 129 cm³/mol. The van der Waals surface area contributed by atoms with Crippen LogP contribution in [0.1, 0.15) is 32.6 Å². The number of pyridine rings is 1. The third-order valence-corrected chi connectivity index (χ3v) is 7.03. The molecule has 1 saturated carbocycles. The minimum absolute atomic E-state index is 0.147. The zero-order valence-corrected chi connectivity index (χ0v) is 19.4. The lowest BCUT2D eigenvalue weighted by Gasteiger charge is -2.38. The van der Waals surface area contributed by atoms with E-state index in [2.05, 4.69) is 33.8 Å². The van der Waals surface area contributed by atoms with E-state index in [1.807, 2.05) is 35.4 Å². The summed E-state index contributed by atoms with van der Waals surface area (Å²) in [6.07, 6.45) is 7.92. The number of amides is 1. The van der Waals surface area contributed by atoms with E-state index in [4.69, 9.17) is 4.74 Å². The number of benzene rings is 1. The Labute approximate surface area is 192 Å². The lowest BCUT2D eigenvalue weighted by atomic mass is 9.82. The van der Waals surface area contributed by atoms with E-state index in [1.54, 1.807) is 13.3 Å². The van der Waals surface area contributed by atoms with Crippen LogP contribution in [0.2, 0.25) is 0 Å². The smallest absolute Gasteiger partial charge is 0.230 e. The van der Waals surface area contributed by atoms with Crippen LogP contribution in [-0.2, 0) is 4.79 Å². The number of ether oxygens (including phenoxy) is 1. The van der Waals surface area contributed by atoms with E-state index in [1.165, 1.54) is 0 Å². The zero-order valence-electron chi connectivity index (χ0n) is 19.4. The monoisotopic (exact) mass is 436 g/mol. The summed E-state index contributed by atoms with van der Waals surface area (Å²) in [5, 5.41) is 0. The predicted octanol–water partition coefficient (Wildman–Crippen LogP) is 4.07. The summed E-state index contributed by atoms with van der Waals surface area (Å²) in [6.45, 7) is 7.77. The first-order valence-electron chi connectivity index (χ1n) is 12.0. The molecule has 1 aliphatic carbocycles. The van der Waals surface area contributed by atoms with Gasteiger partial charge in [0.15, 0.2) is 0 Å². The Kier molecular flexibility index (Phi) is 7.63. The summed E-state index contributed by atoms with van der Waals surface area (Å²) in [7, 11) is 1.73. The lowest BCUT2D eigenvalue weighted by Crippen LogP contribution is -2.49. The average Bonchev–Trinajstić information content (AvgIpc) is 2.85. The first-order valence-corrected chi connectivity index (χ1v) is 12.0. The van der Waals surface area contributed by atoms with Gasteiger partial charge in [0, 0.05) is 51.4 Å². The van der Waals surface area contributed by atoms with Gasteiger partial charge in [0.05, 0.1) is 24.7 Å². The van der Waals surface area contributed by atoms with E-state index >= 15 is 0 Å². The maximum atomic E-state index is 13.4. The Bertz CT molecular complexity index is 859. The molecule has 2 aliphatic rings. The quantitative estimate of drug-likeness (QED) is 0.655. The van der Waals surface area contributed by atoms with E-state index in [-0.39, 0.29) is 11.8 Å². The van der Waals surface area contributed by atoms with Crippen molar-refractivity contribution in [2.45, 2.75) is 32.6 Å². The topological polar surface area (TPSA) is 48.9 Å². The number of nitrogens with zero attached hydrogens (tertiary/aromatic N) is 4. The number of carbonyl (C=O) groups is 1. The Morgan fingerprint density at radius 2 is 1.81 bits per heavy atom. The number of aromatic nitrogens is 1. The van der Waals surface area contributed by atoms with Gasteiger partial charge in [-0.25, -0.2) is 0 Å². The lowest BCUT2D eigenvalue weighted by molar-refractivity contribution is -0.123. The van der Waals surface area contributed by atoms with Crippen molar-refractivity contribution in [1.29, 1.82) is 0 Å². The second kappa shape index (κ2) is 10.8. The van der Waals surface area contributed by atoms with Crippen molar-refractivity contribution in [3.63, 3.8) is 0 Å². The van der Waals surface area contributed by atoms with Crippen LogP contribution in [0.4, 0.5) is 11.4 Å². The van der Waals surface area contributed by atoms with Crippen LogP contribution in [0.3, 0.4) is 0 Å². The molecule has 2 aromatic rings. The standard InChI is InChI=1S/C26H36N4O2/c1-21-9-11-22(12-10-21)26(31)30(23-6-5-13-27-20-23)19-16-28-14-17-29(18-15-28)24-7-3-4-8-25(24)32-2/h3-8,13,20-22H,9-12,14-19H2,1-2H3. The van der Waals surface area contributed by atoms with Crippen LogP contribution >= 0.6 is 0 Å². The molecule has 6 nitrogen and oxygen atoms in total. The van der Waals surface area contributed by atoms with Crippen molar-refractivity contribution < 1.29 is 9.53 Å². The molecule has 0 atom stereocenters. The van der Waals surface area contributed by atoms with Crippen LogP contribution in [-0.4, -0.2) is 62.2 Å². The highest BCUT2D eigenvalue weighted by molar-refractivity contribution is 5.94. The number of piperazine rings is 1. The molecular formula is C26H36N4O2. The number of carbonyl (C=O) groups excluding carboxylic acids is 1. The molecule has 0 bridgehead atoms. The van der Waals surface area contributed by atoms with Gasteiger partial charge in [-0.3, -0.25) is 14.7 Å². The van der Waals surface area contributed by atoms with Gasteiger partial charge >= 0.3 is 0 Å². The van der Waals surface area contributed by atoms with E-state index in [0.717, 1.165) is 81.4 Å². The Morgan fingerprint density at radius 1 is 1.06 bits per heavy atom.